The molecule has 1 atom stereocenters. The van der Waals surface area contributed by atoms with Gasteiger partial charge in [-0.1, -0.05) is 110 Å². The second-order valence-electron chi connectivity index (χ2n) is 8.38. The van der Waals surface area contributed by atoms with Crippen molar-refractivity contribution in [3.63, 3.8) is 0 Å². The van der Waals surface area contributed by atoms with Crippen molar-refractivity contribution >= 4 is 0 Å². The number of ether oxygens (including phenoxy) is 1. The molecule has 26 heavy (non-hydrogen) atoms. The van der Waals surface area contributed by atoms with E-state index >= 15 is 0 Å². The van der Waals surface area contributed by atoms with Gasteiger partial charge >= 0.3 is 0 Å². The van der Waals surface area contributed by atoms with Gasteiger partial charge in [0.15, 0.2) is 0 Å². The third-order valence-electron chi connectivity index (χ3n) is 5.99. The first kappa shape index (κ1) is 25.9. The Kier molecular flexibility index (Phi) is 19.6. The van der Waals surface area contributed by atoms with Crippen LogP contribution in [0.25, 0.3) is 0 Å². The Labute approximate surface area is 166 Å². The molecule has 0 aliphatic carbocycles. The van der Waals surface area contributed by atoms with Gasteiger partial charge in [-0.3, -0.25) is 0 Å². The summed E-state index contributed by atoms with van der Waals surface area (Å²) in [6.07, 6.45) is 25.5. The predicted octanol–water partition coefficient (Wildman–Crippen LogP) is 7.78. The topological polar surface area (TPSA) is 35.2 Å². The van der Waals surface area contributed by atoms with E-state index in [1.165, 1.54) is 109 Å². The van der Waals surface area contributed by atoms with Crippen molar-refractivity contribution < 1.29 is 4.74 Å². The Hall–Kier alpha value is -0.0800. The zero-order chi connectivity index (χ0) is 19.3. The molecule has 2 nitrogen and oxygen atoms in total. The van der Waals surface area contributed by atoms with Crippen LogP contribution in [0.5, 0.6) is 0 Å². The van der Waals surface area contributed by atoms with Crippen LogP contribution in [0.3, 0.4) is 0 Å². The number of unbranched alkanes of at least 4 members (excludes halogenated alkanes) is 13. The van der Waals surface area contributed by atoms with Crippen LogP contribution < -0.4 is 5.73 Å². The zero-order valence-corrected chi connectivity index (χ0v) is 18.6. The highest BCUT2D eigenvalue weighted by Gasteiger charge is 2.27. The van der Waals surface area contributed by atoms with Gasteiger partial charge in [-0.05, 0) is 32.2 Å². The minimum atomic E-state index is 0.102. The van der Waals surface area contributed by atoms with Crippen LogP contribution in [0, 0.1) is 0 Å². The van der Waals surface area contributed by atoms with E-state index in [1.54, 1.807) is 0 Å². The SMILES string of the molecule is CCCCCCCCCCC(CCCN)(CCCCCCCCC)OC. The third-order valence-corrected chi connectivity index (χ3v) is 5.99. The summed E-state index contributed by atoms with van der Waals surface area (Å²) in [6, 6.07) is 0. The number of methoxy groups -OCH3 is 1. The van der Waals surface area contributed by atoms with E-state index < -0.39 is 0 Å². The van der Waals surface area contributed by atoms with Gasteiger partial charge in [-0.15, -0.1) is 0 Å². The maximum absolute atomic E-state index is 6.09. The molecule has 0 saturated carbocycles. The van der Waals surface area contributed by atoms with Crippen LogP contribution in [0.2, 0.25) is 0 Å². The van der Waals surface area contributed by atoms with Gasteiger partial charge in [-0.25, -0.2) is 0 Å². The maximum Gasteiger partial charge on any atom is 0.0679 e. The first-order valence-corrected chi connectivity index (χ1v) is 12.0. The van der Waals surface area contributed by atoms with Crippen LogP contribution >= 0.6 is 0 Å². The molecule has 0 aromatic heterocycles. The van der Waals surface area contributed by atoms with Crippen molar-refractivity contribution in [2.24, 2.45) is 5.73 Å². The maximum atomic E-state index is 6.09. The summed E-state index contributed by atoms with van der Waals surface area (Å²) in [5.41, 5.74) is 5.89. The number of hydrogen-bond donors (Lipinski definition) is 1. The van der Waals surface area contributed by atoms with Crippen LogP contribution in [0.15, 0.2) is 0 Å². The molecule has 0 spiro atoms. The standard InChI is InChI=1S/C24H51NO/c1-4-6-8-10-12-14-16-18-21-24(26-3,22-19-23-25)20-17-15-13-11-9-7-5-2/h4-23,25H2,1-3H3. The molecule has 0 aliphatic rings. The van der Waals surface area contributed by atoms with E-state index in [0.29, 0.717) is 0 Å². The minimum Gasteiger partial charge on any atom is -0.378 e. The highest BCUT2D eigenvalue weighted by Crippen LogP contribution is 2.31. The molecule has 0 saturated heterocycles. The molecule has 0 amide bonds. The van der Waals surface area contributed by atoms with Gasteiger partial charge in [0.25, 0.3) is 0 Å². The first-order chi connectivity index (χ1) is 12.7. The summed E-state index contributed by atoms with van der Waals surface area (Å²) in [4.78, 5) is 0. The largest absolute Gasteiger partial charge is 0.378 e. The Balaban J connectivity index is 3.99. The lowest BCUT2D eigenvalue weighted by molar-refractivity contribution is -0.0357. The molecule has 0 rings (SSSR count). The Morgan fingerprint density at radius 3 is 1.23 bits per heavy atom. The molecular formula is C24H51NO. The molecule has 0 aromatic carbocycles. The van der Waals surface area contributed by atoms with Crippen LogP contribution in [-0.4, -0.2) is 19.3 Å². The van der Waals surface area contributed by atoms with Crippen molar-refractivity contribution in [3.8, 4) is 0 Å². The Morgan fingerprint density at radius 1 is 0.538 bits per heavy atom. The highest BCUT2D eigenvalue weighted by molar-refractivity contribution is 4.81. The normalized spacial score (nSPS) is 13.8. The fraction of sp³-hybridized carbons (Fsp3) is 1.00. The van der Waals surface area contributed by atoms with Gasteiger partial charge in [0.1, 0.15) is 0 Å². The van der Waals surface area contributed by atoms with Crippen LogP contribution in [0.4, 0.5) is 0 Å². The Morgan fingerprint density at radius 2 is 0.885 bits per heavy atom. The second-order valence-corrected chi connectivity index (χ2v) is 8.38. The molecule has 0 heterocycles. The lowest BCUT2D eigenvalue weighted by Crippen LogP contribution is -2.32. The van der Waals surface area contributed by atoms with Gasteiger partial charge in [0.2, 0.25) is 0 Å². The van der Waals surface area contributed by atoms with Gasteiger partial charge in [0, 0.05) is 7.11 Å². The Bertz CT molecular complexity index is 269. The molecule has 0 fully saturated rings. The molecular weight excluding hydrogens is 318 g/mol. The quantitative estimate of drug-likeness (QED) is 0.210. The van der Waals surface area contributed by atoms with Crippen molar-refractivity contribution in [2.75, 3.05) is 13.7 Å². The summed E-state index contributed by atoms with van der Waals surface area (Å²) in [7, 11) is 1.93. The van der Waals surface area contributed by atoms with Crippen molar-refractivity contribution in [2.45, 2.75) is 141 Å². The van der Waals surface area contributed by atoms with E-state index in [-0.39, 0.29) is 5.60 Å². The molecule has 0 aliphatic heterocycles. The molecule has 0 bridgehead atoms. The summed E-state index contributed by atoms with van der Waals surface area (Å²) >= 11 is 0. The lowest BCUT2D eigenvalue weighted by Gasteiger charge is -2.33. The van der Waals surface area contributed by atoms with Crippen molar-refractivity contribution in [1.29, 1.82) is 0 Å². The van der Waals surface area contributed by atoms with Gasteiger partial charge in [-0.2, -0.15) is 0 Å². The average molecular weight is 370 g/mol. The van der Waals surface area contributed by atoms with Crippen LogP contribution in [0.1, 0.15) is 136 Å². The third kappa shape index (κ3) is 15.0. The molecule has 158 valence electrons. The predicted molar refractivity (Wildman–Crippen MR) is 118 cm³/mol. The fourth-order valence-corrected chi connectivity index (χ4v) is 4.09. The van der Waals surface area contributed by atoms with Crippen LogP contribution in [-0.2, 0) is 4.74 Å². The summed E-state index contributed by atoms with van der Waals surface area (Å²) in [5, 5.41) is 0. The van der Waals surface area contributed by atoms with E-state index in [1.807, 2.05) is 7.11 Å². The van der Waals surface area contributed by atoms with Gasteiger partial charge < -0.3 is 10.5 Å². The fourth-order valence-electron chi connectivity index (χ4n) is 4.09. The van der Waals surface area contributed by atoms with E-state index in [9.17, 15) is 0 Å². The zero-order valence-electron chi connectivity index (χ0n) is 18.6. The van der Waals surface area contributed by atoms with Crippen molar-refractivity contribution in [1.82, 2.24) is 0 Å². The molecule has 2 N–H and O–H groups in total. The lowest BCUT2D eigenvalue weighted by atomic mass is 9.85. The molecule has 1 unspecified atom stereocenters. The molecule has 0 radical (unpaired) electrons. The van der Waals surface area contributed by atoms with E-state index in [2.05, 4.69) is 13.8 Å². The van der Waals surface area contributed by atoms with E-state index in [4.69, 9.17) is 10.5 Å². The molecule has 2 heteroatoms. The highest BCUT2D eigenvalue weighted by atomic mass is 16.5. The van der Waals surface area contributed by atoms with E-state index in [0.717, 1.165) is 19.4 Å². The number of rotatable bonds is 21. The first-order valence-electron chi connectivity index (χ1n) is 12.0. The summed E-state index contributed by atoms with van der Waals surface area (Å²) in [6.45, 7) is 5.37. The van der Waals surface area contributed by atoms with Crippen molar-refractivity contribution in [3.05, 3.63) is 0 Å². The van der Waals surface area contributed by atoms with Gasteiger partial charge in [0.05, 0.1) is 5.60 Å². The summed E-state index contributed by atoms with van der Waals surface area (Å²) in [5.74, 6) is 0. The molecule has 0 aromatic rings. The second kappa shape index (κ2) is 19.7. The average Bonchev–Trinajstić information content (AvgIpc) is 2.67. The minimum absolute atomic E-state index is 0.102. The summed E-state index contributed by atoms with van der Waals surface area (Å²) < 4.78 is 6.09. The number of nitrogens with two attached hydrogens (primary N) is 1. The monoisotopic (exact) mass is 369 g/mol. The smallest absolute Gasteiger partial charge is 0.0679 e. The number of hydrogen-bond acceptors (Lipinski definition) is 2.